The Balaban J connectivity index is 1.90. The molecule has 3 rings (SSSR count). The first kappa shape index (κ1) is 13.8. The zero-order valence-electron chi connectivity index (χ0n) is 11.9. The molecule has 0 spiro atoms. The molecule has 1 unspecified atom stereocenters. The predicted molar refractivity (Wildman–Crippen MR) is 87.2 cm³/mol. The molecule has 3 nitrogen and oxygen atoms in total. The van der Waals surface area contributed by atoms with E-state index >= 15 is 0 Å². The van der Waals surface area contributed by atoms with Crippen molar-refractivity contribution in [2.75, 3.05) is 11.1 Å². The second-order valence-electron chi connectivity index (χ2n) is 5.10. The number of hydrogen-bond acceptors (Lipinski definition) is 4. The first-order chi connectivity index (χ1) is 10.1. The Morgan fingerprint density at radius 1 is 1.29 bits per heavy atom. The van der Waals surface area contributed by atoms with Crippen LogP contribution >= 0.6 is 11.3 Å². The minimum atomic E-state index is -0.191. The van der Waals surface area contributed by atoms with Crippen molar-refractivity contribution in [3.05, 3.63) is 52.8 Å². The highest BCUT2D eigenvalue weighted by atomic mass is 32.1. The van der Waals surface area contributed by atoms with Crippen molar-refractivity contribution in [3.8, 4) is 0 Å². The first-order valence-corrected chi connectivity index (χ1v) is 7.58. The minimum absolute atomic E-state index is 0.0431. The molecule has 0 aliphatic rings. The maximum atomic E-state index is 13.7. The van der Waals surface area contributed by atoms with Gasteiger partial charge in [0.15, 0.2) is 0 Å². The number of thiazole rings is 1. The Kier molecular flexibility index (Phi) is 3.51. The van der Waals surface area contributed by atoms with Crippen LogP contribution in [0.4, 0.5) is 15.8 Å². The third-order valence-corrected chi connectivity index (χ3v) is 4.40. The summed E-state index contributed by atoms with van der Waals surface area (Å²) in [4.78, 5) is 4.28. The van der Waals surface area contributed by atoms with Crippen LogP contribution in [0.25, 0.3) is 10.2 Å². The molecule has 108 valence electrons. The molecular formula is C16H16FN3S. The van der Waals surface area contributed by atoms with Crippen LogP contribution in [-0.4, -0.2) is 4.98 Å². The average Bonchev–Trinajstić information content (AvgIpc) is 2.94. The van der Waals surface area contributed by atoms with Gasteiger partial charge in [0, 0.05) is 6.04 Å². The average molecular weight is 301 g/mol. The molecule has 21 heavy (non-hydrogen) atoms. The summed E-state index contributed by atoms with van der Waals surface area (Å²) in [6, 6.07) is 9.16. The number of halogens is 1. The van der Waals surface area contributed by atoms with Gasteiger partial charge >= 0.3 is 0 Å². The lowest BCUT2D eigenvalue weighted by Gasteiger charge is -2.18. The van der Waals surface area contributed by atoms with Crippen LogP contribution in [0.15, 0.2) is 35.8 Å². The molecule has 1 aromatic heterocycles. The fourth-order valence-corrected chi connectivity index (χ4v) is 2.97. The predicted octanol–water partition coefficient (Wildman–Crippen LogP) is 4.50. The van der Waals surface area contributed by atoms with Gasteiger partial charge in [-0.3, -0.25) is 0 Å². The van der Waals surface area contributed by atoms with Crippen molar-refractivity contribution >= 4 is 32.9 Å². The number of hydrogen-bond donors (Lipinski definition) is 2. The van der Waals surface area contributed by atoms with Crippen LogP contribution in [0.2, 0.25) is 0 Å². The van der Waals surface area contributed by atoms with Gasteiger partial charge in [-0.15, -0.1) is 11.3 Å². The lowest BCUT2D eigenvalue weighted by atomic mass is 10.1. The summed E-state index contributed by atoms with van der Waals surface area (Å²) in [7, 11) is 0. The molecule has 5 heteroatoms. The van der Waals surface area contributed by atoms with E-state index < -0.39 is 0 Å². The molecule has 0 aliphatic heterocycles. The fourth-order valence-electron chi connectivity index (χ4n) is 2.27. The number of fused-ring (bicyclic) bond motifs is 1. The molecule has 2 aromatic carbocycles. The van der Waals surface area contributed by atoms with Crippen LogP contribution in [0, 0.1) is 12.7 Å². The number of rotatable bonds is 3. The van der Waals surface area contributed by atoms with Crippen LogP contribution in [0.3, 0.4) is 0 Å². The maximum absolute atomic E-state index is 13.7. The number of aromatic nitrogens is 1. The monoisotopic (exact) mass is 301 g/mol. The van der Waals surface area contributed by atoms with E-state index in [1.165, 1.54) is 0 Å². The largest absolute Gasteiger partial charge is 0.395 e. The molecule has 1 heterocycles. The van der Waals surface area contributed by atoms with E-state index in [4.69, 9.17) is 5.73 Å². The van der Waals surface area contributed by atoms with Gasteiger partial charge in [-0.25, -0.2) is 9.37 Å². The van der Waals surface area contributed by atoms with Gasteiger partial charge < -0.3 is 11.1 Å². The number of nitrogens with zero attached hydrogens (tertiary/aromatic N) is 1. The number of anilines is 2. The Bertz CT molecular complexity index is 797. The molecule has 1 atom stereocenters. The van der Waals surface area contributed by atoms with E-state index in [0.29, 0.717) is 11.3 Å². The first-order valence-electron chi connectivity index (χ1n) is 6.70. The molecular weight excluding hydrogens is 285 g/mol. The SMILES string of the molecule is Cc1ccc(C(C)Nc2ccc3scnc3c2N)cc1F. The summed E-state index contributed by atoms with van der Waals surface area (Å²) in [6.07, 6.45) is 0. The molecule has 0 saturated heterocycles. The van der Waals surface area contributed by atoms with Gasteiger partial charge in [0.05, 0.1) is 21.6 Å². The maximum Gasteiger partial charge on any atom is 0.126 e. The molecule has 0 bridgehead atoms. The number of nitrogens with two attached hydrogens (primary N) is 1. The normalized spacial score (nSPS) is 12.5. The molecule has 0 saturated carbocycles. The third kappa shape index (κ3) is 2.56. The summed E-state index contributed by atoms with van der Waals surface area (Å²) >= 11 is 1.56. The molecule has 0 aliphatic carbocycles. The van der Waals surface area contributed by atoms with E-state index in [9.17, 15) is 4.39 Å². The number of nitrogens with one attached hydrogen (secondary N) is 1. The molecule has 0 amide bonds. The van der Waals surface area contributed by atoms with E-state index in [-0.39, 0.29) is 11.9 Å². The van der Waals surface area contributed by atoms with Crippen molar-refractivity contribution in [1.82, 2.24) is 4.98 Å². The Hall–Kier alpha value is -2.14. The van der Waals surface area contributed by atoms with Crippen LogP contribution in [0.5, 0.6) is 0 Å². The zero-order chi connectivity index (χ0) is 15.0. The summed E-state index contributed by atoms with van der Waals surface area (Å²) < 4.78 is 14.7. The van der Waals surface area contributed by atoms with Crippen LogP contribution in [0.1, 0.15) is 24.1 Å². The quantitative estimate of drug-likeness (QED) is 0.700. The van der Waals surface area contributed by atoms with Crippen molar-refractivity contribution in [2.24, 2.45) is 0 Å². The van der Waals surface area contributed by atoms with Gasteiger partial charge in [0.2, 0.25) is 0 Å². The van der Waals surface area contributed by atoms with E-state index in [1.54, 1.807) is 35.9 Å². The molecule has 0 fully saturated rings. The number of aryl methyl sites for hydroxylation is 1. The highest BCUT2D eigenvalue weighted by Gasteiger charge is 2.12. The van der Waals surface area contributed by atoms with E-state index in [0.717, 1.165) is 21.5 Å². The van der Waals surface area contributed by atoms with Gasteiger partial charge in [-0.1, -0.05) is 12.1 Å². The van der Waals surface area contributed by atoms with Gasteiger partial charge in [-0.05, 0) is 43.2 Å². The van der Waals surface area contributed by atoms with E-state index in [1.807, 2.05) is 25.1 Å². The van der Waals surface area contributed by atoms with Crippen molar-refractivity contribution in [1.29, 1.82) is 0 Å². The lowest BCUT2D eigenvalue weighted by molar-refractivity contribution is 0.614. The zero-order valence-corrected chi connectivity index (χ0v) is 12.7. The summed E-state index contributed by atoms with van der Waals surface area (Å²) in [5.41, 5.74) is 11.7. The van der Waals surface area contributed by atoms with Gasteiger partial charge in [0.25, 0.3) is 0 Å². The highest BCUT2D eigenvalue weighted by molar-refractivity contribution is 7.16. The second kappa shape index (κ2) is 5.33. The molecule has 3 N–H and O–H groups in total. The summed E-state index contributed by atoms with van der Waals surface area (Å²) in [5, 5.41) is 3.33. The topological polar surface area (TPSA) is 50.9 Å². The lowest BCUT2D eigenvalue weighted by Crippen LogP contribution is -2.09. The van der Waals surface area contributed by atoms with E-state index in [2.05, 4.69) is 10.3 Å². The van der Waals surface area contributed by atoms with Crippen LogP contribution < -0.4 is 11.1 Å². The smallest absolute Gasteiger partial charge is 0.126 e. The van der Waals surface area contributed by atoms with Crippen molar-refractivity contribution in [2.45, 2.75) is 19.9 Å². The molecule has 0 radical (unpaired) electrons. The fraction of sp³-hybridized carbons (Fsp3) is 0.188. The van der Waals surface area contributed by atoms with Gasteiger partial charge in [0.1, 0.15) is 11.3 Å². The van der Waals surface area contributed by atoms with Gasteiger partial charge in [-0.2, -0.15) is 0 Å². The molecule has 3 aromatic rings. The third-order valence-electron chi connectivity index (χ3n) is 3.61. The van der Waals surface area contributed by atoms with Crippen molar-refractivity contribution in [3.63, 3.8) is 0 Å². The summed E-state index contributed by atoms with van der Waals surface area (Å²) in [6.45, 7) is 3.74. The highest BCUT2D eigenvalue weighted by Crippen LogP contribution is 2.32. The Morgan fingerprint density at radius 3 is 2.86 bits per heavy atom. The number of nitrogen functional groups attached to an aromatic ring is 1. The Labute approximate surface area is 126 Å². The van der Waals surface area contributed by atoms with Crippen LogP contribution in [-0.2, 0) is 0 Å². The second-order valence-corrected chi connectivity index (χ2v) is 5.99. The number of benzene rings is 2. The minimum Gasteiger partial charge on any atom is -0.395 e. The van der Waals surface area contributed by atoms with Crippen molar-refractivity contribution < 1.29 is 4.39 Å². The summed E-state index contributed by atoms with van der Waals surface area (Å²) in [5.74, 6) is -0.191. The standard InChI is InChI=1S/C16H16FN3S/c1-9-3-4-11(7-12(9)17)10(2)20-13-5-6-14-16(15(13)18)19-8-21-14/h3-8,10,20H,18H2,1-2H3. The Morgan fingerprint density at radius 2 is 2.10 bits per heavy atom.